The Labute approximate surface area is 92.7 Å². The van der Waals surface area contributed by atoms with Crippen LogP contribution in [-0.4, -0.2) is 12.1 Å². The van der Waals surface area contributed by atoms with E-state index in [1.165, 1.54) is 0 Å². The number of rotatable bonds is 2. The molecule has 0 fully saturated rings. The molecule has 0 amide bonds. The van der Waals surface area contributed by atoms with Crippen LogP contribution in [0.25, 0.3) is 0 Å². The molecule has 0 saturated heterocycles. The summed E-state index contributed by atoms with van der Waals surface area (Å²) in [4.78, 5) is 11.4. The van der Waals surface area contributed by atoms with Gasteiger partial charge in [0.1, 0.15) is 6.10 Å². The Bertz CT molecular complexity index is 271. The molecule has 0 unspecified atom stereocenters. The third-order valence-corrected chi connectivity index (χ3v) is 2.86. The van der Waals surface area contributed by atoms with Crippen molar-refractivity contribution in [3.05, 3.63) is 11.6 Å². The van der Waals surface area contributed by atoms with Gasteiger partial charge >= 0.3 is 5.97 Å². The Balaban J connectivity index is 2.55. The van der Waals surface area contributed by atoms with E-state index < -0.39 is 0 Å². The van der Waals surface area contributed by atoms with Gasteiger partial charge in [-0.05, 0) is 25.2 Å². The normalized spacial score (nSPS) is 27.3. The average molecular weight is 210 g/mol. The van der Waals surface area contributed by atoms with Gasteiger partial charge < -0.3 is 4.74 Å². The number of carbonyl (C=O) groups is 1. The molecule has 0 saturated carbocycles. The maximum Gasteiger partial charge on any atom is 0.333 e. The second kappa shape index (κ2) is 4.38. The standard InChI is InChI=1S/C13H22O2/c1-9-8-10(2)12(14)15-11(9)6-7-13(3,4)5/h8-9,11H,6-7H2,1-5H3/t9-,11+/m1/s1. The van der Waals surface area contributed by atoms with Gasteiger partial charge in [-0.3, -0.25) is 0 Å². The second-order valence-electron chi connectivity index (χ2n) is 5.75. The van der Waals surface area contributed by atoms with Crippen LogP contribution in [0, 0.1) is 11.3 Å². The van der Waals surface area contributed by atoms with Gasteiger partial charge in [-0.2, -0.15) is 0 Å². The molecule has 15 heavy (non-hydrogen) atoms. The minimum Gasteiger partial charge on any atom is -0.458 e. The molecule has 0 aromatic rings. The van der Waals surface area contributed by atoms with E-state index in [-0.39, 0.29) is 12.1 Å². The lowest BCUT2D eigenvalue weighted by molar-refractivity contribution is -0.148. The van der Waals surface area contributed by atoms with Gasteiger partial charge in [0.15, 0.2) is 0 Å². The molecule has 0 aromatic carbocycles. The fourth-order valence-electron chi connectivity index (χ4n) is 1.80. The first-order valence-corrected chi connectivity index (χ1v) is 5.69. The lowest BCUT2D eigenvalue weighted by Crippen LogP contribution is -2.30. The maximum absolute atomic E-state index is 11.4. The predicted molar refractivity (Wildman–Crippen MR) is 61.5 cm³/mol. The Hall–Kier alpha value is -0.790. The number of hydrogen-bond donors (Lipinski definition) is 0. The summed E-state index contributed by atoms with van der Waals surface area (Å²) in [6, 6.07) is 0. The van der Waals surface area contributed by atoms with E-state index in [1.807, 2.05) is 13.0 Å². The molecular formula is C13H22O2. The van der Waals surface area contributed by atoms with Gasteiger partial charge in [0.05, 0.1) is 0 Å². The maximum atomic E-state index is 11.4. The van der Waals surface area contributed by atoms with Gasteiger partial charge in [0.2, 0.25) is 0 Å². The van der Waals surface area contributed by atoms with E-state index in [4.69, 9.17) is 4.74 Å². The largest absolute Gasteiger partial charge is 0.458 e. The third kappa shape index (κ3) is 3.69. The summed E-state index contributed by atoms with van der Waals surface area (Å²) in [7, 11) is 0. The molecule has 2 nitrogen and oxygen atoms in total. The molecule has 2 heteroatoms. The van der Waals surface area contributed by atoms with Crippen molar-refractivity contribution in [1.82, 2.24) is 0 Å². The molecule has 0 radical (unpaired) electrons. The van der Waals surface area contributed by atoms with Crippen molar-refractivity contribution < 1.29 is 9.53 Å². The van der Waals surface area contributed by atoms with Crippen LogP contribution in [-0.2, 0) is 9.53 Å². The minimum absolute atomic E-state index is 0.0698. The number of hydrogen-bond acceptors (Lipinski definition) is 2. The first kappa shape index (κ1) is 12.3. The summed E-state index contributed by atoms with van der Waals surface area (Å²) in [6.45, 7) is 10.6. The lowest BCUT2D eigenvalue weighted by atomic mass is 9.86. The zero-order chi connectivity index (χ0) is 11.6. The van der Waals surface area contributed by atoms with Crippen molar-refractivity contribution >= 4 is 5.97 Å². The molecule has 1 aliphatic heterocycles. The highest BCUT2D eigenvalue weighted by Crippen LogP contribution is 2.28. The van der Waals surface area contributed by atoms with Crippen LogP contribution in [0.5, 0.6) is 0 Å². The number of ether oxygens (including phenoxy) is 1. The van der Waals surface area contributed by atoms with Gasteiger partial charge in [0, 0.05) is 11.5 Å². The van der Waals surface area contributed by atoms with Gasteiger partial charge in [-0.1, -0.05) is 33.8 Å². The molecule has 0 aliphatic carbocycles. The van der Waals surface area contributed by atoms with E-state index in [1.54, 1.807) is 0 Å². The monoisotopic (exact) mass is 210 g/mol. The van der Waals surface area contributed by atoms with Crippen LogP contribution < -0.4 is 0 Å². The highest BCUT2D eigenvalue weighted by molar-refractivity contribution is 5.88. The first-order chi connectivity index (χ1) is 6.79. The van der Waals surface area contributed by atoms with Crippen LogP contribution in [0.3, 0.4) is 0 Å². The van der Waals surface area contributed by atoms with Gasteiger partial charge in [-0.25, -0.2) is 4.79 Å². The van der Waals surface area contributed by atoms with Crippen molar-refractivity contribution in [2.45, 2.75) is 53.6 Å². The number of cyclic esters (lactones) is 1. The highest BCUT2D eigenvalue weighted by Gasteiger charge is 2.27. The molecule has 0 spiro atoms. The van der Waals surface area contributed by atoms with Crippen molar-refractivity contribution in [2.75, 3.05) is 0 Å². The average Bonchev–Trinajstić information content (AvgIpc) is 2.07. The van der Waals surface area contributed by atoms with Crippen molar-refractivity contribution in [1.29, 1.82) is 0 Å². The summed E-state index contributed by atoms with van der Waals surface area (Å²) >= 11 is 0. The Kier molecular flexibility index (Phi) is 3.58. The van der Waals surface area contributed by atoms with Gasteiger partial charge in [-0.15, -0.1) is 0 Å². The lowest BCUT2D eigenvalue weighted by Gasteiger charge is -2.29. The summed E-state index contributed by atoms with van der Waals surface area (Å²) < 4.78 is 5.40. The fraction of sp³-hybridized carbons (Fsp3) is 0.769. The Morgan fingerprint density at radius 1 is 1.40 bits per heavy atom. The van der Waals surface area contributed by atoms with E-state index in [0.717, 1.165) is 18.4 Å². The summed E-state index contributed by atoms with van der Waals surface area (Å²) in [5, 5.41) is 0. The number of carbonyl (C=O) groups excluding carboxylic acids is 1. The zero-order valence-electron chi connectivity index (χ0n) is 10.5. The first-order valence-electron chi connectivity index (χ1n) is 5.69. The van der Waals surface area contributed by atoms with E-state index in [0.29, 0.717) is 11.3 Å². The van der Waals surface area contributed by atoms with Crippen LogP contribution in [0.4, 0.5) is 0 Å². The molecule has 0 aromatic heterocycles. The zero-order valence-corrected chi connectivity index (χ0v) is 10.5. The van der Waals surface area contributed by atoms with Crippen LogP contribution in [0.1, 0.15) is 47.5 Å². The predicted octanol–water partition coefficient (Wildman–Crippen LogP) is 3.32. The third-order valence-electron chi connectivity index (χ3n) is 2.86. The van der Waals surface area contributed by atoms with E-state index in [2.05, 4.69) is 27.7 Å². The molecule has 0 N–H and O–H groups in total. The van der Waals surface area contributed by atoms with Crippen molar-refractivity contribution in [3.8, 4) is 0 Å². The quantitative estimate of drug-likeness (QED) is 0.653. The van der Waals surface area contributed by atoms with E-state index >= 15 is 0 Å². The fourth-order valence-corrected chi connectivity index (χ4v) is 1.80. The van der Waals surface area contributed by atoms with Crippen molar-refractivity contribution in [2.24, 2.45) is 11.3 Å². The van der Waals surface area contributed by atoms with Crippen LogP contribution in [0.2, 0.25) is 0 Å². The SMILES string of the molecule is CC1=C[C@@H](C)[C@H](CCC(C)(C)C)OC1=O. The molecule has 1 aliphatic rings. The second-order valence-corrected chi connectivity index (χ2v) is 5.75. The molecule has 2 atom stereocenters. The summed E-state index contributed by atoms with van der Waals surface area (Å²) in [5.74, 6) is 0.206. The van der Waals surface area contributed by atoms with Crippen molar-refractivity contribution in [3.63, 3.8) is 0 Å². The van der Waals surface area contributed by atoms with Gasteiger partial charge in [0.25, 0.3) is 0 Å². The number of esters is 1. The van der Waals surface area contributed by atoms with Crippen LogP contribution in [0.15, 0.2) is 11.6 Å². The molecule has 1 rings (SSSR count). The highest BCUT2D eigenvalue weighted by atomic mass is 16.5. The Morgan fingerprint density at radius 2 is 2.00 bits per heavy atom. The molecule has 1 heterocycles. The molecule has 86 valence electrons. The molecular weight excluding hydrogens is 188 g/mol. The summed E-state index contributed by atoms with van der Waals surface area (Å²) in [6.07, 6.45) is 4.14. The summed E-state index contributed by atoms with van der Waals surface area (Å²) in [5.41, 5.74) is 1.05. The van der Waals surface area contributed by atoms with Crippen LogP contribution >= 0.6 is 0 Å². The van der Waals surface area contributed by atoms with E-state index in [9.17, 15) is 4.79 Å². The smallest absolute Gasteiger partial charge is 0.333 e. The molecule has 0 bridgehead atoms. The minimum atomic E-state index is -0.146. The topological polar surface area (TPSA) is 26.3 Å². The Morgan fingerprint density at radius 3 is 2.53 bits per heavy atom.